The first-order valence-electron chi connectivity index (χ1n) is 19.4. The summed E-state index contributed by atoms with van der Waals surface area (Å²) in [5.41, 5.74) is 3.02. The van der Waals surface area contributed by atoms with Gasteiger partial charge in [-0.3, -0.25) is 4.79 Å². The second kappa shape index (κ2) is 24.8. The van der Waals surface area contributed by atoms with Gasteiger partial charge in [0.2, 0.25) is 5.91 Å². The fourth-order valence-electron chi connectivity index (χ4n) is 6.61. The third-order valence-corrected chi connectivity index (χ3v) is 9.47. The Morgan fingerprint density at radius 3 is 1.81 bits per heavy atom. The van der Waals surface area contributed by atoms with Crippen molar-refractivity contribution in [3.63, 3.8) is 0 Å². The van der Waals surface area contributed by atoms with E-state index in [0.29, 0.717) is 6.61 Å². The van der Waals surface area contributed by atoms with Gasteiger partial charge < -0.3 is 34.1 Å². The van der Waals surface area contributed by atoms with E-state index < -0.39 is 30.6 Å². The Bertz CT molecular complexity index is 1360. The SMILES string of the molecule is C=CCOC1OC(CO)C(OCc2ccccc2)C(OCc2ccccc2)C1NC(=O)C[C@H](CCCCCCCCCCC)OCc1ccccc1. The van der Waals surface area contributed by atoms with E-state index >= 15 is 0 Å². The number of rotatable bonds is 26. The summed E-state index contributed by atoms with van der Waals surface area (Å²) in [6, 6.07) is 29.0. The van der Waals surface area contributed by atoms with Gasteiger partial charge in [-0.05, 0) is 23.1 Å². The van der Waals surface area contributed by atoms with Crippen LogP contribution in [0.3, 0.4) is 0 Å². The van der Waals surface area contributed by atoms with Crippen LogP contribution in [0.4, 0.5) is 0 Å². The van der Waals surface area contributed by atoms with Crippen molar-refractivity contribution in [3.05, 3.63) is 120 Å². The molecule has 1 saturated heterocycles. The van der Waals surface area contributed by atoms with E-state index in [-0.39, 0.29) is 44.9 Å². The number of aliphatic hydroxyl groups is 1. The molecule has 1 aliphatic heterocycles. The third kappa shape index (κ3) is 14.9. The maximum absolute atomic E-state index is 14.0. The van der Waals surface area contributed by atoms with E-state index in [1.807, 2.05) is 91.0 Å². The zero-order valence-corrected chi connectivity index (χ0v) is 31.1. The number of ether oxygens (including phenoxy) is 5. The largest absolute Gasteiger partial charge is 0.394 e. The molecule has 0 aliphatic carbocycles. The number of carbonyl (C=O) groups is 1. The lowest BCUT2D eigenvalue weighted by molar-refractivity contribution is -0.285. The highest BCUT2D eigenvalue weighted by molar-refractivity contribution is 5.77. The van der Waals surface area contributed by atoms with Gasteiger partial charge in [0.15, 0.2) is 6.29 Å². The normalized spacial score (nSPS) is 20.7. The fourth-order valence-corrected chi connectivity index (χ4v) is 6.61. The summed E-state index contributed by atoms with van der Waals surface area (Å²) in [4.78, 5) is 14.0. The molecule has 2 N–H and O–H groups in total. The molecular formula is C44H61NO7. The van der Waals surface area contributed by atoms with Crippen LogP contribution in [0.1, 0.15) is 94.2 Å². The number of hydrogen-bond donors (Lipinski definition) is 2. The van der Waals surface area contributed by atoms with Crippen LogP contribution in [0, 0.1) is 0 Å². The number of carbonyl (C=O) groups excluding carboxylic acids is 1. The van der Waals surface area contributed by atoms with Gasteiger partial charge in [-0.2, -0.15) is 0 Å². The number of hydrogen-bond acceptors (Lipinski definition) is 7. The van der Waals surface area contributed by atoms with E-state index in [0.717, 1.165) is 36.0 Å². The molecule has 4 rings (SSSR count). The van der Waals surface area contributed by atoms with Gasteiger partial charge >= 0.3 is 0 Å². The highest BCUT2D eigenvalue weighted by Crippen LogP contribution is 2.29. The summed E-state index contributed by atoms with van der Waals surface area (Å²) in [6.07, 6.45) is 10.4. The highest BCUT2D eigenvalue weighted by Gasteiger charge is 2.48. The van der Waals surface area contributed by atoms with E-state index in [1.54, 1.807) is 6.08 Å². The minimum atomic E-state index is -0.905. The molecule has 0 saturated carbocycles. The van der Waals surface area contributed by atoms with Crippen LogP contribution in [0.5, 0.6) is 0 Å². The quantitative estimate of drug-likeness (QED) is 0.0636. The first-order valence-corrected chi connectivity index (χ1v) is 19.4. The molecule has 1 amide bonds. The predicted molar refractivity (Wildman–Crippen MR) is 205 cm³/mol. The zero-order chi connectivity index (χ0) is 36.6. The molecule has 52 heavy (non-hydrogen) atoms. The molecule has 0 radical (unpaired) electrons. The molecule has 5 unspecified atom stereocenters. The van der Waals surface area contributed by atoms with Crippen LogP contribution >= 0.6 is 0 Å². The molecular weight excluding hydrogens is 654 g/mol. The lowest BCUT2D eigenvalue weighted by atomic mass is 9.95. The Morgan fingerprint density at radius 1 is 0.750 bits per heavy atom. The van der Waals surface area contributed by atoms with Crippen molar-refractivity contribution in [2.45, 2.75) is 134 Å². The average molecular weight is 716 g/mol. The van der Waals surface area contributed by atoms with E-state index in [1.165, 1.54) is 44.9 Å². The van der Waals surface area contributed by atoms with Crippen LogP contribution in [0.25, 0.3) is 0 Å². The van der Waals surface area contributed by atoms with Crippen molar-refractivity contribution in [1.29, 1.82) is 0 Å². The topological polar surface area (TPSA) is 95.5 Å². The first-order chi connectivity index (χ1) is 25.6. The van der Waals surface area contributed by atoms with Crippen LogP contribution in [-0.2, 0) is 48.3 Å². The number of aliphatic hydroxyl groups excluding tert-OH is 1. The molecule has 1 fully saturated rings. The molecule has 1 heterocycles. The molecule has 0 aromatic heterocycles. The van der Waals surface area contributed by atoms with Crippen molar-refractivity contribution in [3.8, 4) is 0 Å². The number of unbranched alkanes of at least 4 members (excludes halogenated alkanes) is 8. The summed E-state index contributed by atoms with van der Waals surface area (Å²) < 4.78 is 31.8. The molecule has 0 bridgehead atoms. The van der Waals surface area contributed by atoms with Gasteiger partial charge in [0, 0.05) is 0 Å². The van der Waals surface area contributed by atoms with Crippen LogP contribution in [0.15, 0.2) is 104 Å². The lowest BCUT2D eigenvalue weighted by Crippen LogP contribution is -2.66. The molecule has 284 valence electrons. The molecule has 1 aliphatic rings. The monoisotopic (exact) mass is 715 g/mol. The maximum atomic E-state index is 14.0. The number of nitrogens with one attached hydrogen (secondary N) is 1. The van der Waals surface area contributed by atoms with Crippen LogP contribution < -0.4 is 5.32 Å². The second-order valence-corrected chi connectivity index (χ2v) is 13.7. The molecule has 0 spiro atoms. The molecule has 6 atom stereocenters. The predicted octanol–water partition coefficient (Wildman–Crippen LogP) is 8.46. The van der Waals surface area contributed by atoms with Crippen molar-refractivity contribution in [1.82, 2.24) is 5.32 Å². The first kappa shape index (κ1) is 41.4. The second-order valence-electron chi connectivity index (χ2n) is 13.7. The molecule has 8 nitrogen and oxygen atoms in total. The minimum Gasteiger partial charge on any atom is -0.394 e. The Hall–Kier alpha value is -3.37. The van der Waals surface area contributed by atoms with Gasteiger partial charge in [-0.1, -0.05) is 162 Å². The van der Waals surface area contributed by atoms with E-state index in [9.17, 15) is 9.90 Å². The van der Waals surface area contributed by atoms with Crippen molar-refractivity contribution >= 4 is 5.91 Å². The summed E-state index contributed by atoms with van der Waals surface area (Å²) in [5, 5.41) is 13.7. The van der Waals surface area contributed by atoms with Gasteiger partial charge in [-0.25, -0.2) is 0 Å². The zero-order valence-electron chi connectivity index (χ0n) is 31.1. The lowest BCUT2D eigenvalue weighted by Gasteiger charge is -2.46. The van der Waals surface area contributed by atoms with Crippen molar-refractivity contribution < 1.29 is 33.6 Å². The minimum absolute atomic E-state index is 0.179. The Balaban J connectivity index is 1.48. The molecule has 3 aromatic carbocycles. The summed E-state index contributed by atoms with van der Waals surface area (Å²) in [7, 11) is 0. The Labute approximate surface area is 311 Å². The van der Waals surface area contributed by atoms with Crippen molar-refractivity contribution in [2.75, 3.05) is 13.2 Å². The highest BCUT2D eigenvalue weighted by atomic mass is 16.7. The standard InChI is InChI=1S/C44H61NO7/c1-3-5-6-7-8-9-10-11-21-28-38(49-32-35-22-15-12-16-23-35)30-40(47)45-41-43(51-34-37-26-19-14-20-27-37)42(50-33-36-24-17-13-18-25-36)39(31-46)52-44(41)48-29-4-2/h4,12-20,22-27,38-39,41-44,46H,2-3,5-11,21,28-34H2,1H3,(H,45,47)/t38-,39?,41?,42?,43?,44?/m0/s1. The van der Waals surface area contributed by atoms with Crippen LogP contribution in [0.2, 0.25) is 0 Å². The molecule has 3 aromatic rings. The van der Waals surface area contributed by atoms with E-state index in [4.69, 9.17) is 23.7 Å². The third-order valence-electron chi connectivity index (χ3n) is 9.47. The summed E-state index contributed by atoms with van der Waals surface area (Å²) in [5.74, 6) is -0.188. The summed E-state index contributed by atoms with van der Waals surface area (Å²) >= 11 is 0. The number of benzene rings is 3. The van der Waals surface area contributed by atoms with E-state index in [2.05, 4.69) is 18.8 Å². The summed E-state index contributed by atoms with van der Waals surface area (Å²) in [6.45, 7) is 6.92. The smallest absolute Gasteiger partial charge is 0.223 e. The average Bonchev–Trinajstić information content (AvgIpc) is 3.18. The molecule has 8 heteroatoms. The van der Waals surface area contributed by atoms with Gasteiger partial charge in [0.25, 0.3) is 0 Å². The van der Waals surface area contributed by atoms with Gasteiger partial charge in [-0.15, -0.1) is 6.58 Å². The Morgan fingerprint density at radius 2 is 1.27 bits per heavy atom. The number of amides is 1. The van der Waals surface area contributed by atoms with Gasteiger partial charge in [0.05, 0.1) is 45.6 Å². The van der Waals surface area contributed by atoms with Crippen molar-refractivity contribution in [2.24, 2.45) is 0 Å². The van der Waals surface area contributed by atoms with Crippen LogP contribution in [-0.4, -0.2) is 61.0 Å². The fraction of sp³-hybridized carbons (Fsp3) is 0.523. The van der Waals surface area contributed by atoms with Gasteiger partial charge in [0.1, 0.15) is 24.4 Å². The Kier molecular flexibility index (Phi) is 19.7. The maximum Gasteiger partial charge on any atom is 0.223 e.